The third kappa shape index (κ3) is 41.2. The van der Waals surface area contributed by atoms with Crippen molar-refractivity contribution >= 4 is 0 Å². The van der Waals surface area contributed by atoms with Gasteiger partial charge < -0.3 is 19.3 Å². The molecule has 0 aromatic rings. The van der Waals surface area contributed by atoms with E-state index in [1.54, 1.807) is 0 Å². The summed E-state index contributed by atoms with van der Waals surface area (Å²) in [5, 5.41) is 0. The first-order chi connectivity index (χ1) is 24.6. The molecule has 0 spiro atoms. The summed E-state index contributed by atoms with van der Waals surface area (Å²) in [5.41, 5.74) is 0. The Labute approximate surface area is 314 Å². The van der Waals surface area contributed by atoms with Gasteiger partial charge in [-0.15, -0.1) is 0 Å². The molecule has 0 fully saturated rings. The van der Waals surface area contributed by atoms with Gasteiger partial charge in [0.15, 0.2) is 0 Å². The molecule has 0 amide bonds. The number of likely N-dealkylation sites (N-methyl/N-ethyl adjacent to an activating group) is 1. The Bertz CT molecular complexity index is 759. The second-order valence-corrected chi connectivity index (χ2v) is 15.0. The second kappa shape index (κ2) is 42.2. The van der Waals surface area contributed by atoms with E-state index < -0.39 is 0 Å². The molecule has 294 valence electrons. The summed E-state index contributed by atoms with van der Waals surface area (Å²) in [6, 6.07) is 0. The smallest absolute Gasteiger partial charge is 0.0934 e. The SMILES string of the molecule is CCCCC/C=C\C/C=C\CCCCCCCCOCC(CN(C)CCCN(C)C)OCCCCCCCC/C=C\C/C=C\CCCCCC. The molecule has 0 heterocycles. The lowest BCUT2D eigenvalue weighted by atomic mass is 10.1. The Morgan fingerprint density at radius 1 is 0.440 bits per heavy atom. The first-order valence-electron chi connectivity index (χ1n) is 21.7. The molecule has 0 saturated heterocycles. The van der Waals surface area contributed by atoms with Gasteiger partial charge in [-0.3, -0.25) is 0 Å². The molecule has 0 saturated carbocycles. The first-order valence-corrected chi connectivity index (χ1v) is 21.7. The summed E-state index contributed by atoms with van der Waals surface area (Å²) < 4.78 is 12.6. The lowest BCUT2D eigenvalue weighted by Gasteiger charge is -2.25. The van der Waals surface area contributed by atoms with E-state index in [0.29, 0.717) is 0 Å². The summed E-state index contributed by atoms with van der Waals surface area (Å²) in [6.07, 6.45) is 52.4. The monoisotopic (exact) mass is 701 g/mol. The minimum atomic E-state index is 0.173. The minimum absolute atomic E-state index is 0.173. The molecular formula is C46H88N2O2. The fraction of sp³-hybridized carbons (Fsp3) is 0.826. The van der Waals surface area contributed by atoms with E-state index in [4.69, 9.17) is 9.47 Å². The zero-order chi connectivity index (χ0) is 36.4. The van der Waals surface area contributed by atoms with Crippen LogP contribution in [0.3, 0.4) is 0 Å². The van der Waals surface area contributed by atoms with Gasteiger partial charge in [0.25, 0.3) is 0 Å². The van der Waals surface area contributed by atoms with Crippen LogP contribution in [0.4, 0.5) is 0 Å². The number of nitrogens with zero attached hydrogens (tertiary/aromatic N) is 2. The van der Waals surface area contributed by atoms with Crippen LogP contribution in [0.15, 0.2) is 48.6 Å². The second-order valence-electron chi connectivity index (χ2n) is 15.0. The largest absolute Gasteiger partial charge is 0.379 e. The maximum atomic E-state index is 6.40. The molecule has 0 bridgehead atoms. The molecule has 1 atom stereocenters. The van der Waals surface area contributed by atoms with Crippen molar-refractivity contribution in [3.05, 3.63) is 48.6 Å². The van der Waals surface area contributed by atoms with Gasteiger partial charge in [0, 0.05) is 19.8 Å². The Balaban J connectivity index is 3.95. The highest BCUT2D eigenvalue weighted by Crippen LogP contribution is 2.11. The Hall–Kier alpha value is -1.20. The van der Waals surface area contributed by atoms with Crippen LogP contribution in [-0.2, 0) is 9.47 Å². The zero-order valence-electron chi connectivity index (χ0n) is 34.5. The van der Waals surface area contributed by atoms with Crippen LogP contribution < -0.4 is 0 Å². The number of hydrogen-bond donors (Lipinski definition) is 0. The molecule has 50 heavy (non-hydrogen) atoms. The normalized spacial score (nSPS) is 13.2. The highest BCUT2D eigenvalue weighted by Gasteiger charge is 2.13. The zero-order valence-corrected chi connectivity index (χ0v) is 34.5. The van der Waals surface area contributed by atoms with Crippen LogP contribution in [0.25, 0.3) is 0 Å². The topological polar surface area (TPSA) is 24.9 Å². The van der Waals surface area contributed by atoms with Crippen molar-refractivity contribution in [2.75, 3.05) is 60.6 Å². The molecule has 0 radical (unpaired) electrons. The van der Waals surface area contributed by atoms with Gasteiger partial charge in [-0.2, -0.15) is 0 Å². The van der Waals surface area contributed by atoms with Gasteiger partial charge in [-0.05, 0) is 118 Å². The van der Waals surface area contributed by atoms with Gasteiger partial charge in [-0.25, -0.2) is 0 Å². The highest BCUT2D eigenvalue weighted by atomic mass is 16.5. The molecule has 0 aliphatic heterocycles. The van der Waals surface area contributed by atoms with E-state index in [1.807, 2.05) is 0 Å². The average molecular weight is 701 g/mol. The van der Waals surface area contributed by atoms with E-state index in [9.17, 15) is 0 Å². The Kier molecular flexibility index (Phi) is 41.2. The van der Waals surface area contributed by atoms with Gasteiger partial charge in [-0.1, -0.05) is 146 Å². The van der Waals surface area contributed by atoms with Crippen LogP contribution >= 0.6 is 0 Å². The van der Waals surface area contributed by atoms with Gasteiger partial charge in [0.05, 0.1) is 12.7 Å². The van der Waals surface area contributed by atoms with Crippen LogP contribution in [-0.4, -0.2) is 76.5 Å². The summed E-state index contributed by atoms with van der Waals surface area (Å²) in [7, 11) is 6.54. The molecule has 0 aliphatic rings. The van der Waals surface area contributed by atoms with E-state index in [1.165, 1.54) is 148 Å². The third-order valence-corrected chi connectivity index (χ3v) is 9.40. The first kappa shape index (κ1) is 48.8. The number of rotatable bonds is 40. The molecule has 0 aliphatic carbocycles. The van der Waals surface area contributed by atoms with E-state index in [2.05, 4.69) is 93.4 Å². The molecule has 0 rings (SSSR count). The van der Waals surface area contributed by atoms with E-state index in [-0.39, 0.29) is 6.10 Å². The lowest BCUT2D eigenvalue weighted by Crippen LogP contribution is -2.36. The maximum Gasteiger partial charge on any atom is 0.0934 e. The summed E-state index contributed by atoms with van der Waals surface area (Å²) in [6.45, 7) is 10.2. The maximum absolute atomic E-state index is 6.40. The van der Waals surface area contributed by atoms with Crippen molar-refractivity contribution in [1.82, 2.24) is 9.80 Å². The van der Waals surface area contributed by atoms with Crippen molar-refractivity contribution < 1.29 is 9.47 Å². The molecule has 0 N–H and O–H groups in total. The quantitative estimate of drug-likeness (QED) is 0.0469. The summed E-state index contributed by atoms with van der Waals surface area (Å²) in [5.74, 6) is 0. The fourth-order valence-corrected chi connectivity index (χ4v) is 6.17. The van der Waals surface area contributed by atoms with Crippen molar-refractivity contribution in [3.8, 4) is 0 Å². The van der Waals surface area contributed by atoms with Gasteiger partial charge in [0.2, 0.25) is 0 Å². The fourth-order valence-electron chi connectivity index (χ4n) is 6.17. The minimum Gasteiger partial charge on any atom is -0.379 e. The van der Waals surface area contributed by atoms with Crippen LogP contribution in [0, 0.1) is 0 Å². The molecule has 4 nitrogen and oxygen atoms in total. The van der Waals surface area contributed by atoms with Crippen molar-refractivity contribution in [2.24, 2.45) is 0 Å². The molecule has 1 unspecified atom stereocenters. The lowest BCUT2D eigenvalue weighted by molar-refractivity contribution is -0.0315. The number of unbranched alkanes of at least 4 members (excludes halogenated alkanes) is 19. The Morgan fingerprint density at radius 2 is 0.860 bits per heavy atom. The Morgan fingerprint density at radius 3 is 1.36 bits per heavy atom. The van der Waals surface area contributed by atoms with Gasteiger partial charge in [0.1, 0.15) is 0 Å². The molecule has 0 aromatic carbocycles. The van der Waals surface area contributed by atoms with Crippen molar-refractivity contribution in [3.63, 3.8) is 0 Å². The summed E-state index contributed by atoms with van der Waals surface area (Å²) >= 11 is 0. The molecule has 0 aromatic heterocycles. The standard InChI is InChI=1S/C46H88N2O2/c1-6-8-10-12-14-16-18-20-22-24-26-28-30-32-34-36-38-43-50-46(44-48(5)41-39-40-47(3)4)45-49-42-37-35-33-31-29-27-25-23-21-19-17-15-13-11-9-7-2/h15-18,21-24,46H,6-14,19-20,25-45H2,1-5H3/b17-15-,18-16-,23-21-,24-22-. The highest BCUT2D eigenvalue weighted by molar-refractivity contribution is 4.93. The number of ether oxygens (including phenoxy) is 2. The predicted molar refractivity (Wildman–Crippen MR) is 225 cm³/mol. The predicted octanol–water partition coefficient (Wildman–Crippen LogP) is 13.3. The number of allylic oxidation sites excluding steroid dienone is 8. The van der Waals surface area contributed by atoms with Crippen LogP contribution in [0.1, 0.15) is 181 Å². The van der Waals surface area contributed by atoms with Crippen molar-refractivity contribution in [2.45, 2.75) is 187 Å². The summed E-state index contributed by atoms with van der Waals surface area (Å²) in [4.78, 5) is 4.70. The van der Waals surface area contributed by atoms with Crippen LogP contribution in [0.2, 0.25) is 0 Å². The van der Waals surface area contributed by atoms with Gasteiger partial charge >= 0.3 is 0 Å². The van der Waals surface area contributed by atoms with Crippen molar-refractivity contribution in [1.29, 1.82) is 0 Å². The molecular weight excluding hydrogens is 613 g/mol. The van der Waals surface area contributed by atoms with Crippen LogP contribution in [0.5, 0.6) is 0 Å². The number of hydrogen-bond acceptors (Lipinski definition) is 4. The van der Waals surface area contributed by atoms with E-state index >= 15 is 0 Å². The van der Waals surface area contributed by atoms with E-state index in [0.717, 1.165) is 58.7 Å². The average Bonchev–Trinajstić information content (AvgIpc) is 3.10. The third-order valence-electron chi connectivity index (χ3n) is 9.40. The molecule has 4 heteroatoms.